The molecule has 0 saturated carbocycles. The Hall–Kier alpha value is -2.97. The minimum absolute atomic E-state index is 0.143. The van der Waals surface area contributed by atoms with Crippen molar-refractivity contribution in [3.05, 3.63) is 52.5 Å². The van der Waals surface area contributed by atoms with E-state index in [4.69, 9.17) is 27.9 Å². The number of benzene rings is 2. The van der Waals surface area contributed by atoms with Gasteiger partial charge in [0.15, 0.2) is 0 Å². The number of piperazine rings is 1. The minimum atomic E-state index is -0.287. The van der Waals surface area contributed by atoms with Crippen LogP contribution in [-0.4, -0.2) is 55.6 Å². The third kappa shape index (κ3) is 7.27. The molecule has 3 rings (SSSR count). The molecule has 2 aromatic carbocycles. The second-order valence-electron chi connectivity index (χ2n) is 7.75. The number of halogens is 2. The summed E-state index contributed by atoms with van der Waals surface area (Å²) in [6.07, 6.45) is 0.933. The fourth-order valence-corrected chi connectivity index (χ4v) is 4.07. The summed E-state index contributed by atoms with van der Waals surface area (Å²) in [5, 5.41) is 6.42. The zero-order valence-corrected chi connectivity index (χ0v) is 20.5. The standard InChI is InChI=1S/C24H28Cl2N4O4/c1-2-34-22(32)8-4-7-21(31)27-17-9-11-18(12-10-17)29-13-15-30(16-14-29)24(33)28-23-19(25)5-3-6-20(23)26/h3,5-6,9-12H,2,4,7-8,13-16H2,1H3,(H,27,31)(H,28,33). The van der Waals surface area contributed by atoms with Gasteiger partial charge in [-0.25, -0.2) is 4.79 Å². The Labute approximate surface area is 209 Å². The maximum Gasteiger partial charge on any atom is 0.322 e. The molecular formula is C24H28Cl2N4O4. The third-order valence-corrected chi connectivity index (χ3v) is 6.00. The van der Waals surface area contributed by atoms with Crippen LogP contribution in [0.1, 0.15) is 26.2 Å². The number of hydrogen-bond acceptors (Lipinski definition) is 5. The molecule has 1 aliphatic rings. The summed E-state index contributed by atoms with van der Waals surface area (Å²) in [6, 6.07) is 12.4. The molecule has 1 heterocycles. The van der Waals surface area contributed by atoms with Gasteiger partial charge in [0.1, 0.15) is 0 Å². The monoisotopic (exact) mass is 506 g/mol. The molecule has 1 fully saturated rings. The average molecular weight is 507 g/mol. The molecule has 10 heteroatoms. The Balaban J connectivity index is 1.44. The number of ether oxygens (including phenoxy) is 1. The lowest BCUT2D eigenvalue weighted by molar-refractivity contribution is -0.143. The second kappa shape index (κ2) is 12.5. The van der Waals surface area contributed by atoms with Gasteiger partial charge in [0.05, 0.1) is 22.3 Å². The summed E-state index contributed by atoms with van der Waals surface area (Å²) < 4.78 is 4.86. The number of anilines is 3. The van der Waals surface area contributed by atoms with E-state index in [-0.39, 0.29) is 30.7 Å². The number of amides is 3. The maximum absolute atomic E-state index is 12.6. The SMILES string of the molecule is CCOC(=O)CCCC(=O)Nc1ccc(N2CCN(C(=O)Nc3c(Cl)cccc3Cl)CC2)cc1. The highest BCUT2D eigenvalue weighted by Crippen LogP contribution is 2.30. The van der Waals surface area contributed by atoms with Crippen molar-refractivity contribution >= 4 is 58.2 Å². The molecule has 2 aromatic rings. The molecule has 1 saturated heterocycles. The van der Waals surface area contributed by atoms with Gasteiger partial charge < -0.3 is 25.2 Å². The van der Waals surface area contributed by atoms with Gasteiger partial charge in [0.2, 0.25) is 5.91 Å². The molecule has 0 spiro atoms. The topological polar surface area (TPSA) is 91.0 Å². The summed E-state index contributed by atoms with van der Waals surface area (Å²) in [5.41, 5.74) is 2.12. The molecule has 182 valence electrons. The summed E-state index contributed by atoms with van der Waals surface area (Å²) in [5.74, 6) is -0.430. The molecule has 0 unspecified atom stereocenters. The van der Waals surface area contributed by atoms with Crippen LogP contribution in [0, 0.1) is 0 Å². The summed E-state index contributed by atoms with van der Waals surface area (Å²) in [6.45, 7) is 4.53. The number of nitrogens with one attached hydrogen (secondary N) is 2. The van der Waals surface area contributed by atoms with Gasteiger partial charge in [-0.05, 0) is 49.7 Å². The van der Waals surface area contributed by atoms with Gasteiger partial charge in [0.25, 0.3) is 0 Å². The van der Waals surface area contributed by atoms with E-state index in [2.05, 4.69) is 15.5 Å². The van der Waals surface area contributed by atoms with Crippen LogP contribution in [0.3, 0.4) is 0 Å². The van der Waals surface area contributed by atoms with Crippen molar-refractivity contribution in [1.82, 2.24) is 4.90 Å². The van der Waals surface area contributed by atoms with Crippen LogP contribution >= 0.6 is 23.2 Å². The van der Waals surface area contributed by atoms with Crippen LogP contribution in [-0.2, 0) is 14.3 Å². The Bertz CT molecular complexity index is 988. The largest absolute Gasteiger partial charge is 0.466 e. The van der Waals surface area contributed by atoms with Crippen LogP contribution in [0.5, 0.6) is 0 Å². The molecule has 0 radical (unpaired) electrons. The van der Waals surface area contributed by atoms with E-state index >= 15 is 0 Å². The van der Waals surface area contributed by atoms with Gasteiger partial charge in [-0.1, -0.05) is 29.3 Å². The van der Waals surface area contributed by atoms with Crippen LogP contribution in [0.25, 0.3) is 0 Å². The van der Waals surface area contributed by atoms with E-state index in [1.807, 2.05) is 24.3 Å². The Morgan fingerprint density at radius 3 is 2.18 bits per heavy atom. The van der Waals surface area contributed by atoms with E-state index in [1.165, 1.54) is 0 Å². The molecular weight excluding hydrogens is 479 g/mol. The van der Waals surface area contributed by atoms with E-state index in [0.29, 0.717) is 60.6 Å². The maximum atomic E-state index is 12.6. The first kappa shape index (κ1) is 25.6. The number of nitrogens with zero attached hydrogens (tertiary/aromatic N) is 2. The van der Waals surface area contributed by atoms with Crippen LogP contribution < -0.4 is 15.5 Å². The van der Waals surface area contributed by atoms with Crippen molar-refractivity contribution in [1.29, 1.82) is 0 Å². The second-order valence-corrected chi connectivity index (χ2v) is 8.57. The number of esters is 1. The van der Waals surface area contributed by atoms with Gasteiger partial charge in [0, 0.05) is 50.4 Å². The number of para-hydroxylation sites is 1. The Morgan fingerprint density at radius 2 is 1.56 bits per heavy atom. The molecule has 0 aliphatic carbocycles. The first-order valence-corrected chi connectivity index (χ1v) is 11.9. The highest BCUT2D eigenvalue weighted by Gasteiger charge is 2.22. The minimum Gasteiger partial charge on any atom is -0.466 e. The van der Waals surface area contributed by atoms with E-state index in [1.54, 1.807) is 30.0 Å². The lowest BCUT2D eigenvalue weighted by atomic mass is 10.2. The van der Waals surface area contributed by atoms with Crippen molar-refractivity contribution < 1.29 is 19.1 Å². The first-order valence-electron chi connectivity index (χ1n) is 11.2. The molecule has 8 nitrogen and oxygen atoms in total. The number of carbonyl (C=O) groups excluding carboxylic acids is 3. The van der Waals surface area contributed by atoms with E-state index in [0.717, 1.165) is 5.69 Å². The average Bonchev–Trinajstić information content (AvgIpc) is 2.82. The fourth-order valence-electron chi connectivity index (χ4n) is 3.58. The molecule has 0 atom stereocenters. The van der Waals surface area contributed by atoms with Crippen molar-refractivity contribution in [2.75, 3.05) is 48.3 Å². The lowest BCUT2D eigenvalue weighted by Crippen LogP contribution is -2.50. The molecule has 34 heavy (non-hydrogen) atoms. The summed E-state index contributed by atoms with van der Waals surface area (Å²) in [4.78, 5) is 39.9. The summed E-state index contributed by atoms with van der Waals surface area (Å²) >= 11 is 12.3. The van der Waals surface area contributed by atoms with Crippen molar-refractivity contribution in [2.45, 2.75) is 26.2 Å². The van der Waals surface area contributed by atoms with Crippen LogP contribution in [0.2, 0.25) is 10.0 Å². The van der Waals surface area contributed by atoms with Crippen molar-refractivity contribution in [3.8, 4) is 0 Å². The quantitative estimate of drug-likeness (QED) is 0.490. The predicted molar refractivity (Wildman–Crippen MR) is 135 cm³/mol. The summed E-state index contributed by atoms with van der Waals surface area (Å²) in [7, 11) is 0. The third-order valence-electron chi connectivity index (χ3n) is 5.37. The van der Waals surface area contributed by atoms with Gasteiger partial charge in [-0.3, -0.25) is 9.59 Å². The lowest BCUT2D eigenvalue weighted by Gasteiger charge is -2.36. The van der Waals surface area contributed by atoms with Crippen molar-refractivity contribution in [2.24, 2.45) is 0 Å². The molecule has 2 N–H and O–H groups in total. The van der Waals surface area contributed by atoms with Gasteiger partial charge >= 0.3 is 12.0 Å². The fraction of sp³-hybridized carbons (Fsp3) is 0.375. The van der Waals surface area contributed by atoms with E-state index in [9.17, 15) is 14.4 Å². The highest BCUT2D eigenvalue weighted by molar-refractivity contribution is 6.39. The molecule has 1 aliphatic heterocycles. The Morgan fingerprint density at radius 1 is 0.912 bits per heavy atom. The number of rotatable bonds is 8. The number of hydrogen-bond donors (Lipinski definition) is 2. The van der Waals surface area contributed by atoms with Crippen LogP contribution in [0.4, 0.5) is 21.9 Å². The Kier molecular flexibility index (Phi) is 9.42. The van der Waals surface area contributed by atoms with E-state index < -0.39 is 0 Å². The van der Waals surface area contributed by atoms with Crippen LogP contribution in [0.15, 0.2) is 42.5 Å². The predicted octanol–water partition coefficient (Wildman–Crippen LogP) is 5.02. The number of urea groups is 1. The van der Waals surface area contributed by atoms with Gasteiger partial charge in [-0.15, -0.1) is 0 Å². The smallest absolute Gasteiger partial charge is 0.322 e. The normalized spacial score (nSPS) is 13.4. The zero-order valence-electron chi connectivity index (χ0n) is 19.0. The number of carbonyl (C=O) groups is 3. The molecule has 0 bridgehead atoms. The zero-order chi connectivity index (χ0) is 24.5. The molecule has 3 amide bonds. The highest BCUT2D eigenvalue weighted by atomic mass is 35.5. The first-order chi connectivity index (χ1) is 16.4. The van der Waals surface area contributed by atoms with Crippen molar-refractivity contribution in [3.63, 3.8) is 0 Å². The molecule has 0 aromatic heterocycles. The van der Waals surface area contributed by atoms with Gasteiger partial charge in [-0.2, -0.15) is 0 Å².